The van der Waals surface area contributed by atoms with Gasteiger partial charge in [0.2, 0.25) is 0 Å². The molecule has 5 nitrogen and oxygen atoms in total. The van der Waals surface area contributed by atoms with E-state index in [1.807, 2.05) is 0 Å². The summed E-state index contributed by atoms with van der Waals surface area (Å²) in [6, 6.07) is 7.97. The van der Waals surface area contributed by atoms with Crippen LogP contribution in [0.1, 0.15) is 23.7 Å². The molecule has 0 fully saturated rings. The third-order valence-electron chi connectivity index (χ3n) is 3.74. The van der Waals surface area contributed by atoms with Crippen molar-refractivity contribution in [1.82, 2.24) is 5.32 Å². The minimum atomic E-state index is -4.05. The number of amides is 1. The van der Waals surface area contributed by atoms with E-state index in [0.717, 1.165) is 18.2 Å². The van der Waals surface area contributed by atoms with Crippen molar-refractivity contribution >= 4 is 27.5 Å². The predicted molar refractivity (Wildman–Crippen MR) is 93.0 cm³/mol. The molecule has 2 aromatic rings. The van der Waals surface area contributed by atoms with E-state index in [1.165, 1.54) is 24.3 Å². The van der Waals surface area contributed by atoms with Crippen LogP contribution in [0.2, 0.25) is 5.02 Å². The normalized spacial score (nSPS) is 12.6. The number of benzene rings is 2. The van der Waals surface area contributed by atoms with Crippen LogP contribution in [0.25, 0.3) is 0 Å². The summed E-state index contributed by atoms with van der Waals surface area (Å²) >= 11 is 5.77. The summed E-state index contributed by atoms with van der Waals surface area (Å²) in [5.41, 5.74) is -0.296. The van der Waals surface area contributed by atoms with Crippen molar-refractivity contribution in [1.29, 1.82) is 0 Å². The zero-order valence-electron chi connectivity index (χ0n) is 13.5. The van der Waals surface area contributed by atoms with Crippen LogP contribution in [0.15, 0.2) is 47.4 Å². The molecule has 0 spiro atoms. The summed E-state index contributed by atoms with van der Waals surface area (Å²) < 4.78 is 53.7. The van der Waals surface area contributed by atoms with Crippen molar-refractivity contribution in [3.05, 3.63) is 64.7 Å². The van der Waals surface area contributed by atoms with Gasteiger partial charge in [-0.3, -0.25) is 0 Å². The van der Waals surface area contributed by atoms with Gasteiger partial charge in [-0.1, -0.05) is 11.6 Å². The number of carbonyl (C=O) groups is 1. The molecule has 0 bridgehead atoms. The Labute approximate surface area is 154 Å². The SMILES string of the molecule is O=C(O)NCCCC(c1cc(F)ccc1F)S(=O)(=O)c1ccc(Cl)cc1. The first-order chi connectivity index (χ1) is 12.2. The average molecular weight is 404 g/mol. The lowest BCUT2D eigenvalue weighted by molar-refractivity contribution is 0.194. The van der Waals surface area contributed by atoms with E-state index in [2.05, 4.69) is 5.32 Å². The molecular formula is C17H16ClF2NO4S. The van der Waals surface area contributed by atoms with E-state index in [4.69, 9.17) is 16.7 Å². The van der Waals surface area contributed by atoms with E-state index in [-0.39, 0.29) is 29.8 Å². The van der Waals surface area contributed by atoms with Crippen LogP contribution in [-0.2, 0) is 9.84 Å². The van der Waals surface area contributed by atoms with Gasteiger partial charge in [0, 0.05) is 17.1 Å². The lowest BCUT2D eigenvalue weighted by Crippen LogP contribution is -2.23. The number of nitrogens with one attached hydrogen (secondary N) is 1. The molecule has 9 heteroatoms. The molecule has 0 aromatic heterocycles. The molecule has 2 aromatic carbocycles. The average Bonchev–Trinajstić information content (AvgIpc) is 2.57. The number of rotatable bonds is 7. The maximum atomic E-state index is 14.2. The van der Waals surface area contributed by atoms with Crippen LogP contribution in [0.4, 0.5) is 13.6 Å². The van der Waals surface area contributed by atoms with Crippen molar-refractivity contribution < 1.29 is 27.1 Å². The number of hydrogen-bond donors (Lipinski definition) is 2. The maximum Gasteiger partial charge on any atom is 0.404 e. The molecule has 2 rings (SSSR count). The third-order valence-corrected chi connectivity index (χ3v) is 6.16. The highest BCUT2D eigenvalue weighted by molar-refractivity contribution is 7.91. The van der Waals surface area contributed by atoms with Gasteiger partial charge >= 0.3 is 6.09 Å². The molecule has 0 radical (unpaired) electrons. The molecule has 0 heterocycles. The first kappa shape index (κ1) is 20.1. The molecule has 0 aliphatic rings. The minimum Gasteiger partial charge on any atom is -0.465 e. The number of halogens is 3. The van der Waals surface area contributed by atoms with E-state index in [1.54, 1.807) is 0 Å². The van der Waals surface area contributed by atoms with Crippen molar-refractivity contribution in [2.45, 2.75) is 23.0 Å². The van der Waals surface area contributed by atoms with Crippen LogP contribution in [-0.4, -0.2) is 26.2 Å². The lowest BCUT2D eigenvalue weighted by Gasteiger charge is -2.19. The quantitative estimate of drug-likeness (QED) is 0.679. The molecular weight excluding hydrogens is 388 g/mol. The number of sulfone groups is 1. The fourth-order valence-corrected chi connectivity index (χ4v) is 4.47. The summed E-state index contributed by atoms with van der Waals surface area (Å²) in [6.45, 7) is -0.0150. The van der Waals surface area contributed by atoms with Gasteiger partial charge in [-0.2, -0.15) is 0 Å². The Bertz CT molecular complexity index is 888. The van der Waals surface area contributed by atoms with E-state index in [9.17, 15) is 22.0 Å². The van der Waals surface area contributed by atoms with Crippen molar-refractivity contribution in [2.24, 2.45) is 0 Å². The van der Waals surface area contributed by atoms with Gasteiger partial charge in [-0.15, -0.1) is 0 Å². The molecule has 0 saturated heterocycles. The molecule has 26 heavy (non-hydrogen) atoms. The molecule has 0 saturated carbocycles. The molecule has 0 aliphatic heterocycles. The van der Waals surface area contributed by atoms with Gasteiger partial charge in [-0.05, 0) is 55.3 Å². The molecule has 140 valence electrons. The Morgan fingerprint density at radius 2 is 1.81 bits per heavy atom. The fraction of sp³-hybridized carbons (Fsp3) is 0.235. The number of carboxylic acid groups (broad SMARTS) is 1. The van der Waals surface area contributed by atoms with E-state index >= 15 is 0 Å². The first-order valence-electron chi connectivity index (χ1n) is 7.63. The first-order valence-corrected chi connectivity index (χ1v) is 9.55. The zero-order chi connectivity index (χ0) is 19.3. The van der Waals surface area contributed by atoms with E-state index in [0.29, 0.717) is 5.02 Å². The second-order valence-electron chi connectivity index (χ2n) is 5.53. The van der Waals surface area contributed by atoms with Crippen LogP contribution < -0.4 is 5.32 Å². The summed E-state index contributed by atoms with van der Waals surface area (Å²) in [6.07, 6.45) is -1.22. The lowest BCUT2D eigenvalue weighted by atomic mass is 10.1. The van der Waals surface area contributed by atoms with Gasteiger partial charge < -0.3 is 10.4 Å². The highest BCUT2D eigenvalue weighted by atomic mass is 35.5. The van der Waals surface area contributed by atoms with E-state index < -0.39 is 32.8 Å². The van der Waals surface area contributed by atoms with Gasteiger partial charge in [-0.25, -0.2) is 22.0 Å². The Morgan fingerprint density at radius 1 is 1.15 bits per heavy atom. The molecule has 1 atom stereocenters. The van der Waals surface area contributed by atoms with Crippen molar-refractivity contribution in [3.8, 4) is 0 Å². The van der Waals surface area contributed by atoms with Crippen LogP contribution in [0.5, 0.6) is 0 Å². The highest BCUT2D eigenvalue weighted by Crippen LogP contribution is 2.35. The van der Waals surface area contributed by atoms with Gasteiger partial charge in [0.1, 0.15) is 11.6 Å². The Hall–Kier alpha value is -2.19. The minimum absolute atomic E-state index is 0.0150. The fourth-order valence-electron chi connectivity index (χ4n) is 2.51. The largest absolute Gasteiger partial charge is 0.465 e. The second-order valence-corrected chi connectivity index (χ2v) is 8.09. The van der Waals surface area contributed by atoms with Crippen LogP contribution in [0, 0.1) is 11.6 Å². The molecule has 2 N–H and O–H groups in total. The highest BCUT2D eigenvalue weighted by Gasteiger charge is 2.31. The Balaban J connectivity index is 2.40. The number of hydrogen-bond acceptors (Lipinski definition) is 3. The second kappa shape index (κ2) is 8.46. The summed E-state index contributed by atoms with van der Waals surface area (Å²) in [7, 11) is -4.05. The Kier molecular flexibility index (Phi) is 6.55. The standard InChI is InChI=1S/C17H16ClF2NO4S/c18-11-3-6-13(7-4-11)26(24,25)16(2-1-9-21-17(22)23)14-10-12(19)5-8-15(14)20/h3-8,10,16,21H,1-2,9H2,(H,22,23). The Morgan fingerprint density at radius 3 is 2.42 bits per heavy atom. The topological polar surface area (TPSA) is 83.5 Å². The zero-order valence-corrected chi connectivity index (χ0v) is 15.0. The van der Waals surface area contributed by atoms with Crippen LogP contribution in [0.3, 0.4) is 0 Å². The van der Waals surface area contributed by atoms with Gasteiger partial charge in [0.25, 0.3) is 0 Å². The van der Waals surface area contributed by atoms with Gasteiger partial charge in [0.05, 0.1) is 10.1 Å². The summed E-state index contributed by atoms with van der Waals surface area (Å²) in [5.74, 6) is -1.61. The predicted octanol–water partition coefficient (Wildman–Crippen LogP) is 4.18. The molecule has 1 unspecified atom stereocenters. The van der Waals surface area contributed by atoms with Crippen molar-refractivity contribution in [2.75, 3.05) is 6.54 Å². The van der Waals surface area contributed by atoms with Gasteiger partial charge in [0.15, 0.2) is 9.84 Å². The summed E-state index contributed by atoms with van der Waals surface area (Å²) in [5, 5.41) is 9.67. The van der Waals surface area contributed by atoms with Crippen molar-refractivity contribution in [3.63, 3.8) is 0 Å². The molecule has 0 aliphatic carbocycles. The third kappa shape index (κ3) is 4.92. The molecule has 1 amide bonds. The summed E-state index contributed by atoms with van der Waals surface area (Å²) in [4.78, 5) is 10.4. The monoisotopic (exact) mass is 403 g/mol. The van der Waals surface area contributed by atoms with Crippen LogP contribution >= 0.6 is 11.6 Å². The maximum absolute atomic E-state index is 14.2. The smallest absolute Gasteiger partial charge is 0.404 e.